The van der Waals surface area contributed by atoms with E-state index in [1.54, 1.807) is 0 Å². The molecule has 23 heavy (non-hydrogen) atoms. The third kappa shape index (κ3) is 7.00. The second-order valence-corrected chi connectivity index (χ2v) is 7.33. The highest BCUT2D eigenvalue weighted by Gasteiger charge is 2.33. The van der Waals surface area contributed by atoms with Crippen molar-refractivity contribution in [3.05, 3.63) is 0 Å². The Morgan fingerprint density at radius 1 is 0.870 bits per heavy atom. The van der Waals surface area contributed by atoms with Crippen molar-refractivity contribution in [2.75, 3.05) is 13.2 Å². The Morgan fingerprint density at radius 2 is 1.48 bits per heavy atom. The summed E-state index contributed by atoms with van der Waals surface area (Å²) < 4.78 is 48.1. The van der Waals surface area contributed by atoms with Gasteiger partial charge in [0.1, 0.15) is 0 Å². The molecule has 136 valence electrons. The molecule has 0 radical (unpaired) electrons. The number of alkyl halides is 3. The number of hydrogen-bond acceptors (Lipinski definition) is 2. The van der Waals surface area contributed by atoms with Gasteiger partial charge >= 0.3 is 6.18 Å². The molecule has 0 unspecified atom stereocenters. The van der Waals surface area contributed by atoms with Gasteiger partial charge in [-0.2, -0.15) is 13.2 Å². The minimum Gasteiger partial charge on any atom is -0.352 e. The highest BCUT2D eigenvalue weighted by atomic mass is 19.4. The van der Waals surface area contributed by atoms with Crippen LogP contribution in [0.2, 0.25) is 0 Å². The fraction of sp³-hybridized carbons (Fsp3) is 1.00. The molecule has 1 heterocycles. The van der Waals surface area contributed by atoms with Gasteiger partial charge in [-0.05, 0) is 44.4 Å². The molecule has 0 N–H and O–H groups in total. The van der Waals surface area contributed by atoms with Crippen LogP contribution in [0.1, 0.15) is 71.1 Å². The van der Waals surface area contributed by atoms with E-state index in [-0.39, 0.29) is 18.6 Å². The van der Waals surface area contributed by atoms with Gasteiger partial charge < -0.3 is 9.47 Å². The second kappa shape index (κ2) is 9.26. The second-order valence-electron chi connectivity index (χ2n) is 7.33. The summed E-state index contributed by atoms with van der Waals surface area (Å²) in [4.78, 5) is 0. The third-order valence-electron chi connectivity index (χ3n) is 5.31. The van der Waals surface area contributed by atoms with Gasteiger partial charge in [0.25, 0.3) is 0 Å². The highest BCUT2D eigenvalue weighted by Crippen LogP contribution is 2.36. The zero-order chi connectivity index (χ0) is 16.7. The van der Waals surface area contributed by atoms with Crippen molar-refractivity contribution >= 4 is 0 Å². The van der Waals surface area contributed by atoms with Gasteiger partial charge in [-0.1, -0.05) is 26.2 Å². The predicted octanol–water partition coefficient (Wildman–Crippen LogP) is 5.70. The fourth-order valence-corrected chi connectivity index (χ4v) is 3.83. The molecule has 1 aliphatic carbocycles. The molecule has 2 fully saturated rings. The maximum atomic E-state index is 12.2. The molecule has 0 amide bonds. The summed E-state index contributed by atoms with van der Waals surface area (Å²) in [6.07, 6.45) is 4.64. The van der Waals surface area contributed by atoms with Gasteiger partial charge in [0, 0.05) is 18.3 Å². The topological polar surface area (TPSA) is 18.5 Å². The number of rotatable bonds is 7. The van der Waals surface area contributed by atoms with Crippen molar-refractivity contribution in [1.29, 1.82) is 0 Å². The molecule has 0 aromatic carbocycles. The summed E-state index contributed by atoms with van der Waals surface area (Å²) in [5.41, 5.74) is 0. The zero-order valence-corrected chi connectivity index (χ0v) is 14.2. The zero-order valence-electron chi connectivity index (χ0n) is 14.2. The molecule has 0 bridgehead atoms. The molecule has 5 heteroatoms. The van der Waals surface area contributed by atoms with Crippen molar-refractivity contribution in [2.24, 2.45) is 17.8 Å². The molecule has 1 saturated heterocycles. The van der Waals surface area contributed by atoms with Crippen molar-refractivity contribution in [3.8, 4) is 0 Å². The van der Waals surface area contributed by atoms with Crippen LogP contribution in [0.5, 0.6) is 0 Å². The normalized spacial score (nSPS) is 32.9. The largest absolute Gasteiger partial charge is 0.389 e. The first kappa shape index (κ1) is 19.0. The van der Waals surface area contributed by atoms with E-state index in [4.69, 9.17) is 9.47 Å². The Labute approximate surface area is 138 Å². The smallest absolute Gasteiger partial charge is 0.352 e. The molecule has 0 aromatic heterocycles. The van der Waals surface area contributed by atoms with Crippen molar-refractivity contribution < 1.29 is 22.6 Å². The summed E-state index contributed by atoms with van der Waals surface area (Å²) in [7, 11) is 0. The van der Waals surface area contributed by atoms with Gasteiger partial charge in [-0.3, -0.25) is 0 Å². The first-order valence-corrected chi connectivity index (χ1v) is 9.28. The molecule has 1 saturated carbocycles. The lowest BCUT2D eigenvalue weighted by atomic mass is 9.79. The predicted molar refractivity (Wildman–Crippen MR) is 84.1 cm³/mol. The number of hydrogen-bond donors (Lipinski definition) is 0. The van der Waals surface area contributed by atoms with E-state index in [1.165, 1.54) is 32.1 Å². The maximum Gasteiger partial charge on any atom is 0.389 e. The van der Waals surface area contributed by atoms with E-state index in [0.29, 0.717) is 25.6 Å². The Kier molecular flexibility index (Phi) is 7.67. The van der Waals surface area contributed by atoms with Gasteiger partial charge in [-0.25, -0.2) is 0 Å². The Hall–Kier alpha value is -0.290. The van der Waals surface area contributed by atoms with Crippen LogP contribution in [0.4, 0.5) is 13.2 Å². The first-order valence-electron chi connectivity index (χ1n) is 9.28. The lowest BCUT2D eigenvalue weighted by Gasteiger charge is -2.37. The van der Waals surface area contributed by atoms with Gasteiger partial charge in [0.15, 0.2) is 6.29 Å². The average Bonchev–Trinajstić information content (AvgIpc) is 2.53. The maximum absolute atomic E-state index is 12.2. The lowest BCUT2D eigenvalue weighted by molar-refractivity contribution is -0.230. The average molecular weight is 336 g/mol. The molecular weight excluding hydrogens is 305 g/mol. The quantitative estimate of drug-likeness (QED) is 0.593. The monoisotopic (exact) mass is 336 g/mol. The van der Waals surface area contributed by atoms with E-state index >= 15 is 0 Å². The molecule has 2 nitrogen and oxygen atoms in total. The molecule has 2 rings (SSSR count). The number of ether oxygens (including phenoxy) is 2. The fourth-order valence-electron chi connectivity index (χ4n) is 3.83. The van der Waals surface area contributed by atoms with Crippen molar-refractivity contribution in [3.63, 3.8) is 0 Å². The van der Waals surface area contributed by atoms with Crippen LogP contribution >= 0.6 is 0 Å². The van der Waals surface area contributed by atoms with Gasteiger partial charge in [0.05, 0.1) is 13.2 Å². The summed E-state index contributed by atoms with van der Waals surface area (Å²) in [5, 5.41) is 0. The Balaban J connectivity index is 1.60. The molecular formula is C18H31F3O2. The Bertz CT molecular complexity index is 317. The van der Waals surface area contributed by atoms with Crippen molar-refractivity contribution in [1.82, 2.24) is 0 Å². The summed E-state index contributed by atoms with van der Waals surface area (Å²) in [5.74, 6) is 1.46. The van der Waals surface area contributed by atoms with Crippen LogP contribution in [-0.2, 0) is 9.47 Å². The van der Waals surface area contributed by atoms with E-state index in [9.17, 15) is 13.2 Å². The number of halogens is 3. The van der Waals surface area contributed by atoms with Crippen LogP contribution in [0, 0.1) is 17.8 Å². The van der Waals surface area contributed by atoms with Crippen LogP contribution in [0.3, 0.4) is 0 Å². The van der Waals surface area contributed by atoms with Gasteiger partial charge in [-0.15, -0.1) is 0 Å². The first-order chi connectivity index (χ1) is 11.0. The minimum absolute atomic E-state index is 0.120. The molecule has 0 atom stereocenters. The standard InChI is InChI=1S/C18H31F3O2/c1-2-3-5-14-7-9-16(10-8-14)17-22-12-15(13-23-17)6-4-11-18(19,20)21/h14-17H,2-13H2,1H3/t14?,15-,16?,17-. The van der Waals surface area contributed by atoms with E-state index in [1.807, 2.05) is 0 Å². The van der Waals surface area contributed by atoms with Crippen molar-refractivity contribution in [2.45, 2.75) is 83.6 Å². The van der Waals surface area contributed by atoms with E-state index < -0.39 is 12.6 Å². The number of unbranched alkanes of at least 4 members (excludes halogenated alkanes) is 1. The third-order valence-corrected chi connectivity index (χ3v) is 5.31. The van der Waals surface area contributed by atoms with Crippen LogP contribution < -0.4 is 0 Å². The molecule has 0 aromatic rings. The SMILES string of the molecule is CCCCC1CCC([C@H]2OC[C@H](CCCC(F)(F)F)CO2)CC1. The highest BCUT2D eigenvalue weighted by molar-refractivity contribution is 4.77. The van der Waals surface area contributed by atoms with Crippen LogP contribution in [0.15, 0.2) is 0 Å². The summed E-state index contributed by atoms with van der Waals surface area (Å²) in [6.45, 7) is 3.34. The van der Waals surface area contributed by atoms with E-state index in [2.05, 4.69) is 6.92 Å². The van der Waals surface area contributed by atoms with Crippen LogP contribution in [0.25, 0.3) is 0 Å². The molecule has 2 aliphatic rings. The minimum atomic E-state index is -4.05. The van der Waals surface area contributed by atoms with Gasteiger partial charge in [0.2, 0.25) is 0 Å². The summed E-state index contributed by atoms with van der Waals surface area (Å²) in [6, 6.07) is 0. The summed E-state index contributed by atoms with van der Waals surface area (Å²) >= 11 is 0. The molecule has 0 spiro atoms. The lowest BCUT2D eigenvalue weighted by Crippen LogP contribution is -2.38. The molecule has 1 aliphatic heterocycles. The van der Waals surface area contributed by atoms with E-state index in [0.717, 1.165) is 18.8 Å². The van der Waals surface area contributed by atoms with Crippen LogP contribution in [-0.4, -0.2) is 25.7 Å². The Morgan fingerprint density at radius 3 is 2.04 bits per heavy atom.